The number of benzene rings is 2. The molecule has 0 bridgehead atoms. The number of hydrogen-bond donors (Lipinski definition) is 1. The van der Waals surface area contributed by atoms with E-state index in [1.54, 1.807) is 6.20 Å². The van der Waals surface area contributed by atoms with Gasteiger partial charge in [-0.1, -0.05) is 0 Å². The fourth-order valence-corrected chi connectivity index (χ4v) is 4.46. The molecule has 0 spiro atoms. The summed E-state index contributed by atoms with van der Waals surface area (Å²) >= 11 is 0. The first-order chi connectivity index (χ1) is 13.7. The minimum atomic E-state index is -3.21. The maximum absolute atomic E-state index is 13.7. The lowest BCUT2D eigenvalue weighted by atomic mass is 10.2. The van der Waals surface area contributed by atoms with E-state index in [1.165, 1.54) is 15.2 Å². The van der Waals surface area contributed by atoms with Crippen LogP contribution in [0.25, 0.3) is 16.6 Å². The number of phenolic OH excluding ortho intramolecular Hbond substituents is 1. The number of sulfonamides is 1. The van der Waals surface area contributed by atoms with E-state index in [4.69, 9.17) is 0 Å². The molecule has 0 atom stereocenters. The summed E-state index contributed by atoms with van der Waals surface area (Å²) < 4.78 is 53.5. The maximum atomic E-state index is 13.7. The molecule has 0 amide bonds. The van der Waals surface area contributed by atoms with Crippen molar-refractivity contribution in [2.24, 2.45) is 0 Å². The molecule has 1 N–H and O–H groups in total. The third-order valence-electron chi connectivity index (χ3n) is 5.08. The third-order valence-corrected chi connectivity index (χ3v) is 6.38. The Morgan fingerprint density at radius 2 is 1.83 bits per heavy atom. The van der Waals surface area contributed by atoms with Crippen LogP contribution in [0, 0.1) is 11.6 Å². The van der Waals surface area contributed by atoms with Crippen molar-refractivity contribution in [3.8, 4) is 11.4 Å². The van der Waals surface area contributed by atoms with Crippen LogP contribution in [0.3, 0.4) is 0 Å². The number of halogens is 2. The molecule has 7 nitrogen and oxygen atoms in total. The van der Waals surface area contributed by atoms with Gasteiger partial charge < -0.3 is 10.0 Å². The number of rotatable bonds is 3. The first kappa shape index (κ1) is 19.6. The number of aromatic nitrogens is 2. The number of hydrogen-bond acceptors (Lipinski definition) is 5. The quantitative estimate of drug-likeness (QED) is 0.702. The molecule has 0 saturated carbocycles. The Morgan fingerprint density at radius 1 is 1.03 bits per heavy atom. The fourth-order valence-electron chi connectivity index (χ4n) is 3.59. The van der Waals surface area contributed by atoms with Gasteiger partial charge in [-0.25, -0.2) is 21.8 Å². The molecule has 29 heavy (non-hydrogen) atoms. The first-order valence-electron chi connectivity index (χ1n) is 9.10. The normalized spacial score (nSPS) is 16.3. The van der Waals surface area contributed by atoms with Gasteiger partial charge in [0, 0.05) is 49.4 Å². The number of fused-ring (bicyclic) bond motifs is 1. The molecule has 0 radical (unpaired) electrons. The van der Waals surface area contributed by atoms with E-state index in [2.05, 4.69) is 10.00 Å². The SMILES string of the molecule is CS(=O)(=O)N1CCCN(c2ccc3c(cnn3-c3cc(O)c(F)c(F)c3)c2)CC1. The molecule has 2 aromatic carbocycles. The lowest BCUT2D eigenvalue weighted by Gasteiger charge is -2.23. The number of aromatic hydroxyl groups is 1. The highest BCUT2D eigenvalue weighted by atomic mass is 32.2. The van der Waals surface area contributed by atoms with E-state index in [9.17, 15) is 22.3 Å². The maximum Gasteiger partial charge on any atom is 0.211 e. The molecule has 0 aliphatic carbocycles. The zero-order valence-corrected chi connectivity index (χ0v) is 16.5. The Bertz CT molecular complexity index is 1160. The van der Waals surface area contributed by atoms with Crippen LogP contribution in [0.5, 0.6) is 5.75 Å². The molecular weight excluding hydrogens is 402 g/mol. The van der Waals surface area contributed by atoms with Crippen LogP contribution in [0.1, 0.15) is 6.42 Å². The molecule has 3 aromatic rings. The highest BCUT2D eigenvalue weighted by Crippen LogP contribution is 2.28. The molecule has 1 fully saturated rings. The van der Waals surface area contributed by atoms with Crippen molar-refractivity contribution in [2.75, 3.05) is 37.3 Å². The summed E-state index contributed by atoms with van der Waals surface area (Å²) in [5.41, 5.74) is 1.81. The van der Waals surface area contributed by atoms with Crippen LogP contribution >= 0.6 is 0 Å². The first-order valence-corrected chi connectivity index (χ1v) is 10.9. The molecule has 1 aliphatic heterocycles. The van der Waals surface area contributed by atoms with Gasteiger partial charge in [-0.05, 0) is 24.6 Å². The summed E-state index contributed by atoms with van der Waals surface area (Å²) in [6.07, 6.45) is 3.55. The predicted octanol–water partition coefficient (Wildman–Crippen LogP) is 2.48. The minimum Gasteiger partial charge on any atom is -0.505 e. The van der Waals surface area contributed by atoms with Crippen molar-refractivity contribution in [3.05, 3.63) is 48.2 Å². The smallest absolute Gasteiger partial charge is 0.211 e. The molecule has 154 valence electrons. The standard InChI is InChI=1S/C19H20F2N4O3S/c1-29(27,28)24-6-2-5-23(7-8-24)14-3-4-17-13(9-14)12-22-25(17)15-10-16(20)19(21)18(26)11-15/h3-4,9-12,26H,2,5-8H2,1H3. The Kier molecular flexibility index (Phi) is 4.91. The predicted molar refractivity (Wildman–Crippen MR) is 106 cm³/mol. The zero-order chi connectivity index (χ0) is 20.8. The van der Waals surface area contributed by atoms with E-state index >= 15 is 0 Å². The second kappa shape index (κ2) is 7.27. The molecule has 1 saturated heterocycles. The van der Waals surface area contributed by atoms with Gasteiger partial charge in [0.2, 0.25) is 10.0 Å². The van der Waals surface area contributed by atoms with Crippen molar-refractivity contribution in [1.29, 1.82) is 0 Å². The summed E-state index contributed by atoms with van der Waals surface area (Å²) in [5, 5.41) is 14.6. The Hall–Kier alpha value is -2.72. The molecule has 4 rings (SSSR count). The highest BCUT2D eigenvalue weighted by Gasteiger charge is 2.22. The second-order valence-electron chi connectivity index (χ2n) is 7.06. The molecule has 0 unspecified atom stereocenters. The molecular formula is C19H20F2N4O3S. The molecule has 10 heteroatoms. The van der Waals surface area contributed by atoms with Gasteiger partial charge in [-0.2, -0.15) is 9.49 Å². The van der Waals surface area contributed by atoms with Gasteiger partial charge in [0.25, 0.3) is 0 Å². The topological polar surface area (TPSA) is 78.7 Å². The van der Waals surface area contributed by atoms with Crippen LogP contribution in [0.4, 0.5) is 14.5 Å². The average molecular weight is 422 g/mol. The number of phenols is 1. The van der Waals surface area contributed by atoms with Crippen LogP contribution in [0.2, 0.25) is 0 Å². The van der Waals surface area contributed by atoms with Crippen LogP contribution in [0.15, 0.2) is 36.5 Å². The summed E-state index contributed by atoms with van der Waals surface area (Å²) in [7, 11) is -3.21. The van der Waals surface area contributed by atoms with E-state index in [1.807, 2.05) is 18.2 Å². The van der Waals surface area contributed by atoms with E-state index < -0.39 is 27.4 Å². The van der Waals surface area contributed by atoms with Gasteiger partial charge in [0.15, 0.2) is 17.4 Å². The second-order valence-corrected chi connectivity index (χ2v) is 9.05. The fraction of sp³-hybridized carbons (Fsp3) is 0.316. The largest absolute Gasteiger partial charge is 0.505 e. The Balaban J connectivity index is 1.64. The summed E-state index contributed by atoms with van der Waals surface area (Å²) in [6.45, 7) is 2.21. The van der Waals surface area contributed by atoms with Crippen LogP contribution in [-0.4, -0.2) is 60.0 Å². The van der Waals surface area contributed by atoms with Gasteiger partial charge >= 0.3 is 0 Å². The highest BCUT2D eigenvalue weighted by molar-refractivity contribution is 7.88. The molecule has 1 aliphatic rings. The van der Waals surface area contributed by atoms with Gasteiger partial charge in [-0.3, -0.25) is 0 Å². The van der Waals surface area contributed by atoms with Crippen molar-refractivity contribution < 1.29 is 22.3 Å². The molecule has 1 aromatic heterocycles. The monoisotopic (exact) mass is 422 g/mol. The van der Waals surface area contributed by atoms with Crippen molar-refractivity contribution in [1.82, 2.24) is 14.1 Å². The van der Waals surface area contributed by atoms with E-state index in [-0.39, 0.29) is 5.69 Å². The summed E-state index contributed by atoms with van der Waals surface area (Å²) in [4.78, 5) is 2.12. The van der Waals surface area contributed by atoms with Crippen LogP contribution < -0.4 is 4.90 Å². The van der Waals surface area contributed by atoms with Gasteiger partial charge in [0.1, 0.15) is 0 Å². The summed E-state index contributed by atoms with van der Waals surface area (Å²) in [6, 6.07) is 7.72. The zero-order valence-electron chi connectivity index (χ0n) is 15.7. The summed E-state index contributed by atoms with van der Waals surface area (Å²) in [5.74, 6) is -3.22. The molecule has 2 heterocycles. The van der Waals surface area contributed by atoms with Gasteiger partial charge in [-0.15, -0.1) is 0 Å². The minimum absolute atomic E-state index is 0.211. The van der Waals surface area contributed by atoms with Crippen molar-refractivity contribution >= 4 is 26.6 Å². The average Bonchev–Trinajstić information content (AvgIpc) is 2.91. The van der Waals surface area contributed by atoms with Crippen molar-refractivity contribution in [3.63, 3.8) is 0 Å². The Labute approximate surface area is 166 Å². The lowest BCUT2D eigenvalue weighted by Crippen LogP contribution is -2.34. The van der Waals surface area contributed by atoms with Crippen molar-refractivity contribution in [2.45, 2.75) is 6.42 Å². The Morgan fingerprint density at radius 3 is 2.55 bits per heavy atom. The van der Waals surface area contributed by atoms with E-state index in [0.717, 1.165) is 36.2 Å². The lowest BCUT2D eigenvalue weighted by molar-refractivity contribution is 0.406. The third kappa shape index (κ3) is 3.77. The van der Waals surface area contributed by atoms with Crippen LogP contribution in [-0.2, 0) is 10.0 Å². The number of nitrogens with zero attached hydrogens (tertiary/aromatic N) is 4. The van der Waals surface area contributed by atoms with E-state index in [0.29, 0.717) is 25.2 Å². The number of anilines is 1. The van der Waals surface area contributed by atoms with Gasteiger partial charge in [0.05, 0.1) is 23.7 Å².